The number of hydroxylamine groups is 2. The Morgan fingerprint density at radius 3 is 2.59 bits per heavy atom. The number of thiazole rings is 1. The van der Waals surface area contributed by atoms with Crippen LogP contribution in [0.1, 0.15) is 37.1 Å². The van der Waals surface area contributed by atoms with Crippen LogP contribution in [0.25, 0.3) is 11.3 Å². The topological polar surface area (TPSA) is 86.7 Å². The van der Waals surface area contributed by atoms with Gasteiger partial charge in [-0.25, -0.2) is 15.0 Å². The molecule has 2 aromatic heterocycles. The second-order valence-corrected chi connectivity index (χ2v) is 11.5. The van der Waals surface area contributed by atoms with Crippen LogP contribution in [0.4, 0.5) is 34.3 Å². The first-order valence-corrected chi connectivity index (χ1v) is 14.2. The van der Waals surface area contributed by atoms with Crippen LogP contribution in [-0.4, -0.2) is 69.6 Å². The first-order chi connectivity index (χ1) is 19.5. The lowest BCUT2D eigenvalue weighted by molar-refractivity contribution is -0.188. The molecule has 1 aromatic carbocycles. The summed E-state index contributed by atoms with van der Waals surface area (Å²) in [7, 11) is 0. The number of hydrogen-bond donors (Lipinski definition) is 1. The van der Waals surface area contributed by atoms with Gasteiger partial charge in [0.15, 0.2) is 16.8 Å². The minimum Gasteiger partial charge on any atom is -0.368 e. The van der Waals surface area contributed by atoms with Gasteiger partial charge in [0.05, 0.1) is 24.3 Å². The molecule has 0 amide bonds. The van der Waals surface area contributed by atoms with Gasteiger partial charge in [0.25, 0.3) is 0 Å². The normalized spacial score (nSPS) is 18.6. The van der Waals surface area contributed by atoms with Crippen LogP contribution < -0.4 is 10.2 Å². The number of benzene rings is 1. The highest BCUT2D eigenvalue weighted by molar-refractivity contribution is 7.16. The number of piperazine rings is 1. The number of likely N-dealkylation sites (tertiary alicyclic amines) is 1. The monoisotopic (exact) mass is 613 g/mol. The van der Waals surface area contributed by atoms with Crippen molar-refractivity contribution in [2.45, 2.75) is 45.5 Å². The van der Waals surface area contributed by atoms with E-state index in [4.69, 9.17) is 16.4 Å². The summed E-state index contributed by atoms with van der Waals surface area (Å²) >= 11 is 7.31. The van der Waals surface area contributed by atoms with Crippen LogP contribution in [-0.2, 0) is 22.4 Å². The quantitative estimate of drug-likeness (QED) is 0.335. The molecule has 0 unspecified atom stereocenters. The number of aromatic nitrogens is 3. The number of nitrogens with one attached hydrogen (secondary N) is 1. The van der Waals surface area contributed by atoms with E-state index in [1.54, 1.807) is 4.90 Å². The van der Waals surface area contributed by atoms with Crippen LogP contribution in [0.5, 0.6) is 0 Å². The summed E-state index contributed by atoms with van der Waals surface area (Å²) in [5.41, 5.74) is -0.297. The van der Waals surface area contributed by atoms with Crippen molar-refractivity contribution in [2.24, 2.45) is 0 Å². The molecule has 2 aliphatic rings. The molecule has 1 N–H and O–H groups in total. The molecule has 2 saturated heterocycles. The SMILES string of the molecule is CC(=O)ON1CCN(c2ncnc(Nc3nc(-c4cc(Cl)cc(C(F)(F)F)c4)c(CN4CCC[C@H]4C)s3)c2F)CC1. The molecular formula is C26H28ClF4N7O2S. The van der Waals surface area contributed by atoms with E-state index in [0.717, 1.165) is 36.4 Å². The number of anilines is 3. The molecule has 2 fully saturated rings. The van der Waals surface area contributed by atoms with Gasteiger partial charge in [-0.2, -0.15) is 17.6 Å². The zero-order valence-corrected chi connectivity index (χ0v) is 23.9. The van der Waals surface area contributed by atoms with Gasteiger partial charge in [0, 0.05) is 48.1 Å². The Morgan fingerprint density at radius 2 is 1.93 bits per heavy atom. The van der Waals surface area contributed by atoms with Crippen LogP contribution in [0.2, 0.25) is 5.02 Å². The fourth-order valence-corrected chi connectivity index (χ4v) is 6.23. The van der Waals surface area contributed by atoms with Gasteiger partial charge < -0.3 is 15.1 Å². The van der Waals surface area contributed by atoms with Gasteiger partial charge in [0.2, 0.25) is 5.82 Å². The second kappa shape index (κ2) is 12.0. The van der Waals surface area contributed by atoms with E-state index in [9.17, 15) is 18.0 Å². The molecule has 5 rings (SSSR count). The number of carbonyl (C=O) groups is 1. The van der Waals surface area contributed by atoms with Gasteiger partial charge in [-0.3, -0.25) is 9.69 Å². The second-order valence-electron chi connectivity index (χ2n) is 9.96. The predicted molar refractivity (Wildman–Crippen MR) is 147 cm³/mol. The van der Waals surface area contributed by atoms with Crippen LogP contribution >= 0.6 is 22.9 Å². The van der Waals surface area contributed by atoms with Gasteiger partial charge in [-0.15, -0.1) is 5.06 Å². The molecule has 41 heavy (non-hydrogen) atoms. The van der Waals surface area contributed by atoms with Crippen molar-refractivity contribution >= 4 is 45.7 Å². The average Bonchev–Trinajstić information content (AvgIpc) is 3.50. The number of rotatable bonds is 7. The third-order valence-corrected chi connectivity index (χ3v) is 8.20. The van der Waals surface area contributed by atoms with E-state index >= 15 is 4.39 Å². The van der Waals surface area contributed by atoms with Crippen LogP contribution in [0.15, 0.2) is 24.5 Å². The lowest BCUT2D eigenvalue weighted by Gasteiger charge is -2.33. The molecule has 220 valence electrons. The van der Waals surface area contributed by atoms with E-state index < -0.39 is 23.5 Å². The summed E-state index contributed by atoms with van der Waals surface area (Å²) in [6.45, 7) is 6.26. The summed E-state index contributed by atoms with van der Waals surface area (Å²) in [4.78, 5) is 33.8. The highest BCUT2D eigenvalue weighted by Gasteiger charge is 2.32. The third kappa shape index (κ3) is 6.88. The number of halogens is 5. The summed E-state index contributed by atoms with van der Waals surface area (Å²) in [6, 6.07) is 3.67. The molecule has 4 heterocycles. The first-order valence-electron chi connectivity index (χ1n) is 13.1. The molecule has 3 aromatic rings. The van der Waals surface area contributed by atoms with Gasteiger partial charge in [-0.1, -0.05) is 22.9 Å². The van der Waals surface area contributed by atoms with Gasteiger partial charge >= 0.3 is 12.1 Å². The summed E-state index contributed by atoms with van der Waals surface area (Å²) in [5.74, 6) is -1.15. The number of carbonyl (C=O) groups excluding carboxylic acids is 1. The maximum Gasteiger partial charge on any atom is 0.416 e. The molecular weight excluding hydrogens is 586 g/mol. The van der Waals surface area contributed by atoms with Crippen LogP contribution in [0.3, 0.4) is 0 Å². The maximum atomic E-state index is 15.6. The van der Waals surface area contributed by atoms with Gasteiger partial charge in [-0.05, 0) is 44.5 Å². The van der Waals surface area contributed by atoms with Crippen molar-refractivity contribution in [2.75, 3.05) is 42.9 Å². The van der Waals surface area contributed by atoms with Crippen molar-refractivity contribution < 1.29 is 27.2 Å². The molecule has 1 atom stereocenters. The molecule has 2 aliphatic heterocycles. The van der Waals surface area contributed by atoms with E-state index in [2.05, 4.69) is 32.1 Å². The lowest BCUT2D eigenvalue weighted by Crippen LogP contribution is -2.47. The molecule has 0 spiro atoms. The summed E-state index contributed by atoms with van der Waals surface area (Å²) in [6.07, 6.45) is -1.30. The number of alkyl halides is 3. The Kier molecular flexibility index (Phi) is 8.64. The molecule has 0 aliphatic carbocycles. The standard InChI is InChI=1S/C26H28ClF4N7O2S/c1-15-4-3-5-37(15)13-20-22(17-10-18(26(29,30)31)12-19(27)11-17)34-25(41-20)35-23-21(28)24(33-14-32-23)36-6-8-38(9-7-36)40-16(2)39/h10-12,14-15H,3-9,13H2,1-2H3,(H,32,33,34,35)/t15-/m1/s1. The van der Waals surface area contributed by atoms with Crippen LogP contribution in [0, 0.1) is 5.82 Å². The van der Waals surface area contributed by atoms with E-state index in [-0.39, 0.29) is 27.4 Å². The average molecular weight is 614 g/mol. The molecule has 9 nitrogen and oxygen atoms in total. The molecule has 15 heteroatoms. The zero-order valence-electron chi connectivity index (χ0n) is 22.3. The highest BCUT2D eigenvalue weighted by atomic mass is 35.5. The molecule has 0 radical (unpaired) electrons. The Bertz CT molecular complexity index is 1410. The number of nitrogens with zero attached hydrogens (tertiary/aromatic N) is 6. The minimum absolute atomic E-state index is 0.0573. The number of hydrogen-bond acceptors (Lipinski definition) is 10. The van der Waals surface area contributed by atoms with E-state index in [0.29, 0.717) is 44.5 Å². The Labute approximate surface area is 243 Å². The van der Waals surface area contributed by atoms with Crippen molar-refractivity contribution in [3.05, 3.63) is 45.8 Å². The highest BCUT2D eigenvalue weighted by Crippen LogP contribution is 2.39. The fraction of sp³-hybridized carbons (Fsp3) is 0.462. The minimum atomic E-state index is -4.58. The van der Waals surface area contributed by atoms with E-state index in [1.807, 2.05) is 0 Å². The zero-order chi connectivity index (χ0) is 29.3. The first kappa shape index (κ1) is 29.4. The Morgan fingerprint density at radius 1 is 1.17 bits per heavy atom. The van der Waals surface area contributed by atoms with Crippen molar-refractivity contribution in [3.63, 3.8) is 0 Å². The Hall–Kier alpha value is -3.07. The van der Waals surface area contributed by atoms with E-state index in [1.165, 1.54) is 35.7 Å². The summed E-state index contributed by atoms with van der Waals surface area (Å²) in [5, 5.41) is 4.64. The van der Waals surface area contributed by atoms with Crippen molar-refractivity contribution in [3.8, 4) is 11.3 Å². The molecule has 0 bridgehead atoms. The summed E-state index contributed by atoms with van der Waals surface area (Å²) < 4.78 is 56.3. The maximum absolute atomic E-state index is 15.6. The van der Waals surface area contributed by atoms with Gasteiger partial charge in [0.1, 0.15) is 6.33 Å². The van der Waals surface area contributed by atoms with Crippen molar-refractivity contribution in [1.82, 2.24) is 24.9 Å². The fourth-order valence-electron chi connectivity index (χ4n) is 4.98. The lowest BCUT2D eigenvalue weighted by atomic mass is 10.1. The largest absolute Gasteiger partial charge is 0.416 e. The predicted octanol–water partition coefficient (Wildman–Crippen LogP) is 5.74. The molecule has 0 saturated carbocycles. The third-order valence-electron chi connectivity index (χ3n) is 7.03. The smallest absolute Gasteiger partial charge is 0.368 e. The van der Waals surface area contributed by atoms with Crippen molar-refractivity contribution in [1.29, 1.82) is 0 Å². The Balaban J connectivity index is 1.43.